The van der Waals surface area contributed by atoms with Gasteiger partial charge in [0.05, 0.1) is 24.1 Å². The molecular weight excluding hydrogens is 379 g/mol. The number of ether oxygens (including phenoxy) is 1. The molecule has 3 atom stereocenters. The lowest BCUT2D eigenvalue weighted by Gasteiger charge is -2.36. The Hall–Kier alpha value is -2.48. The minimum atomic E-state index is -1.13. The summed E-state index contributed by atoms with van der Waals surface area (Å²) >= 11 is 0. The van der Waals surface area contributed by atoms with Crippen LogP contribution in [0.15, 0.2) is 24.3 Å². The normalized spacial score (nSPS) is 21.2. The number of esters is 1. The van der Waals surface area contributed by atoms with Crippen LogP contribution in [0.4, 0.5) is 4.39 Å². The van der Waals surface area contributed by atoms with Gasteiger partial charge in [-0.15, -0.1) is 5.06 Å². The number of alkyl halides is 1. The lowest BCUT2D eigenvalue weighted by molar-refractivity contribution is -0.219. The van der Waals surface area contributed by atoms with Gasteiger partial charge in [0.25, 0.3) is 0 Å². The molecule has 160 valence electrons. The first-order chi connectivity index (χ1) is 13.5. The minimum absolute atomic E-state index is 0.0444. The summed E-state index contributed by atoms with van der Waals surface area (Å²) in [6.45, 7) is 7.08. The van der Waals surface area contributed by atoms with Crippen LogP contribution in [0.5, 0.6) is 0 Å². The second-order valence-corrected chi connectivity index (χ2v) is 8.25. The number of rotatable bonds is 5. The van der Waals surface area contributed by atoms with Crippen LogP contribution in [0.1, 0.15) is 62.5 Å². The summed E-state index contributed by atoms with van der Waals surface area (Å²) in [7, 11) is 1.31. The van der Waals surface area contributed by atoms with Crippen LogP contribution in [-0.4, -0.2) is 48.8 Å². The molecule has 1 saturated heterocycles. The maximum atomic E-state index is 14.0. The fraction of sp³-hybridized carbons (Fsp3) is 0.571. The zero-order valence-corrected chi connectivity index (χ0v) is 17.5. The summed E-state index contributed by atoms with van der Waals surface area (Å²) in [4.78, 5) is 41.9. The van der Waals surface area contributed by atoms with Crippen molar-refractivity contribution in [3.63, 3.8) is 0 Å². The van der Waals surface area contributed by atoms with Crippen molar-refractivity contribution in [3.8, 4) is 0 Å². The van der Waals surface area contributed by atoms with Gasteiger partial charge < -0.3 is 14.9 Å². The van der Waals surface area contributed by atoms with Crippen molar-refractivity contribution in [2.45, 2.75) is 58.8 Å². The number of halogens is 1. The summed E-state index contributed by atoms with van der Waals surface area (Å²) in [6, 6.07) is 5.37. The van der Waals surface area contributed by atoms with Gasteiger partial charge in [-0.25, -0.2) is 14.0 Å². The Bertz CT molecular complexity index is 744. The van der Waals surface area contributed by atoms with Crippen LogP contribution >= 0.6 is 0 Å². The van der Waals surface area contributed by atoms with Gasteiger partial charge in [-0.1, -0.05) is 12.1 Å². The number of piperidine rings is 1. The summed E-state index contributed by atoms with van der Waals surface area (Å²) in [5.41, 5.74) is 0.446. The molecule has 0 spiro atoms. The third kappa shape index (κ3) is 6.00. The highest BCUT2D eigenvalue weighted by Crippen LogP contribution is 2.25. The molecule has 1 heterocycles. The van der Waals surface area contributed by atoms with E-state index < -0.39 is 35.5 Å². The number of nitrogens with one attached hydrogen (secondary N) is 1. The summed E-state index contributed by atoms with van der Waals surface area (Å²) < 4.78 is 18.6. The molecule has 1 fully saturated rings. The van der Waals surface area contributed by atoms with Crippen molar-refractivity contribution < 1.29 is 28.3 Å². The lowest BCUT2D eigenvalue weighted by Crippen LogP contribution is -2.53. The largest absolute Gasteiger partial charge is 0.465 e. The molecular formula is C21H29FN2O5. The molecule has 0 saturated carbocycles. The Kier molecular flexibility index (Phi) is 7.35. The second kappa shape index (κ2) is 9.35. The fourth-order valence-corrected chi connectivity index (χ4v) is 2.91. The van der Waals surface area contributed by atoms with Gasteiger partial charge in [0.1, 0.15) is 12.2 Å². The van der Waals surface area contributed by atoms with E-state index in [1.807, 2.05) is 0 Å². The molecule has 1 N–H and O–H groups in total. The first-order valence-corrected chi connectivity index (χ1v) is 9.64. The summed E-state index contributed by atoms with van der Waals surface area (Å²) in [6.07, 6.45) is -0.979. The average Bonchev–Trinajstić information content (AvgIpc) is 2.67. The first kappa shape index (κ1) is 22.8. The topological polar surface area (TPSA) is 84.9 Å². The molecule has 2 rings (SSSR count). The van der Waals surface area contributed by atoms with E-state index in [2.05, 4.69) is 10.1 Å². The van der Waals surface area contributed by atoms with Crippen molar-refractivity contribution in [1.82, 2.24) is 10.4 Å². The van der Waals surface area contributed by atoms with Gasteiger partial charge in [-0.2, -0.15) is 0 Å². The number of hydroxylamine groups is 2. The molecule has 1 aliphatic heterocycles. The quantitative estimate of drug-likeness (QED) is 0.754. The van der Waals surface area contributed by atoms with E-state index in [0.717, 1.165) is 5.56 Å². The van der Waals surface area contributed by atoms with Crippen molar-refractivity contribution in [2.75, 3.05) is 13.7 Å². The number of carbonyl (C=O) groups is 3. The molecule has 1 aromatic carbocycles. The van der Waals surface area contributed by atoms with Gasteiger partial charge in [-0.3, -0.25) is 4.79 Å². The summed E-state index contributed by atoms with van der Waals surface area (Å²) in [5, 5.41) is 4.12. The zero-order chi connectivity index (χ0) is 21.8. The maximum Gasteiger partial charge on any atom is 0.337 e. The molecule has 1 aromatic rings. The highest BCUT2D eigenvalue weighted by Gasteiger charge is 2.38. The highest BCUT2D eigenvalue weighted by molar-refractivity contribution is 5.89. The van der Waals surface area contributed by atoms with Gasteiger partial charge >= 0.3 is 11.9 Å². The van der Waals surface area contributed by atoms with Crippen LogP contribution in [0, 0.1) is 5.41 Å². The smallest absolute Gasteiger partial charge is 0.337 e. The van der Waals surface area contributed by atoms with E-state index in [9.17, 15) is 18.8 Å². The Labute approximate surface area is 170 Å². The van der Waals surface area contributed by atoms with Gasteiger partial charge in [0.2, 0.25) is 5.91 Å². The van der Waals surface area contributed by atoms with E-state index in [-0.39, 0.29) is 25.4 Å². The molecule has 7 nitrogen and oxygen atoms in total. The Balaban J connectivity index is 2.07. The predicted molar refractivity (Wildman–Crippen MR) is 105 cm³/mol. The Morgan fingerprint density at radius 2 is 1.83 bits per heavy atom. The van der Waals surface area contributed by atoms with Crippen LogP contribution < -0.4 is 5.32 Å². The monoisotopic (exact) mass is 408 g/mol. The highest BCUT2D eigenvalue weighted by atomic mass is 19.1. The average molecular weight is 408 g/mol. The molecule has 0 aliphatic carbocycles. The minimum Gasteiger partial charge on any atom is -0.465 e. The van der Waals surface area contributed by atoms with E-state index >= 15 is 0 Å². The summed E-state index contributed by atoms with van der Waals surface area (Å²) in [5.74, 6) is -1.33. The van der Waals surface area contributed by atoms with Gasteiger partial charge in [0, 0.05) is 13.0 Å². The first-order valence-electron chi connectivity index (χ1n) is 9.64. The Morgan fingerprint density at radius 3 is 2.38 bits per heavy atom. The van der Waals surface area contributed by atoms with Gasteiger partial charge in [-0.05, 0) is 51.8 Å². The zero-order valence-electron chi connectivity index (χ0n) is 17.5. The predicted octanol–water partition coefficient (Wildman–Crippen LogP) is 2.96. The Morgan fingerprint density at radius 1 is 1.21 bits per heavy atom. The fourth-order valence-electron chi connectivity index (χ4n) is 2.91. The van der Waals surface area contributed by atoms with Crippen molar-refractivity contribution >= 4 is 17.8 Å². The third-order valence-electron chi connectivity index (χ3n) is 4.80. The van der Waals surface area contributed by atoms with Crippen LogP contribution in [0.3, 0.4) is 0 Å². The standard InChI is InChI=1S/C21H29FN2O5/c1-13(14-6-8-15(9-7-14)19(26)28-5)23-18(25)17-12-16(22)10-11-24(17)29-20(27)21(2,3)4/h6-9,13,16-17H,10-12H2,1-5H3,(H,23,25)/t13-,16?,17+/m0/s1. The number of nitrogens with zero attached hydrogens (tertiary/aromatic N) is 1. The molecule has 0 aromatic heterocycles. The van der Waals surface area contributed by atoms with Crippen molar-refractivity contribution in [1.29, 1.82) is 0 Å². The number of methoxy groups -OCH3 is 1. The molecule has 1 aliphatic rings. The van der Waals surface area contributed by atoms with E-state index in [0.29, 0.717) is 5.56 Å². The number of hydrogen-bond donors (Lipinski definition) is 1. The number of benzene rings is 1. The number of carbonyl (C=O) groups excluding carboxylic acids is 3. The second-order valence-electron chi connectivity index (χ2n) is 8.25. The SMILES string of the molecule is COC(=O)c1ccc([C@H](C)NC(=O)[C@H]2CC(F)CCN2OC(=O)C(C)(C)C)cc1. The van der Waals surface area contributed by atoms with E-state index in [1.165, 1.54) is 12.2 Å². The van der Waals surface area contributed by atoms with Crippen LogP contribution in [0.25, 0.3) is 0 Å². The molecule has 8 heteroatoms. The van der Waals surface area contributed by atoms with Crippen molar-refractivity contribution in [2.24, 2.45) is 5.41 Å². The molecule has 29 heavy (non-hydrogen) atoms. The molecule has 1 amide bonds. The molecule has 0 radical (unpaired) electrons. The maximum absolute atomic E-state index is 14.0. The third-order valence-corrected chi connectivity index (χ3v) is 4.80. The van der Waals surface area contributed by atoms with Crippen LogP contribution in [-0.2, 0) is 19.2 Å². The number of amides is 1. The van der Waals surface area contributed by atoms with Crippen LogP contribution in [0.2, 0.25) is 0 Å². The molecule has 1 unspecified atom stereocenters. The van der Waals surface area contributed by atoms with Crippen molar-refractivity contribution in [3.05, 3.63) is 35.4 Å². The van der Waals surface area contributed by atoms with E-state index in [4.69, 9.17) is 4.84 Å². The molecule has 0 bridgehead atoms. The lowest BCUT2D eigenvalue weighted by atomic mass is 9.97. The van der Waals surface area contributed by atoms with Gasteiger partial charge in [0.15, 0.2) is 0 Å². The van der Waals surface area contributed by atoms with E-state index in [1.54, 1.807) is 52.0 Å². The number of hydrogen-bond acceptors (Lipinski definition) is 6.